The normalized spacial score (nSPS) is 13.0. The Bertz CT molecular complexity index is 971. The molecule has 0 saturated heterocycles. The maximum Gasteiger partial charge on any atom is 0.265 e. The predicted octanol–water partition coefficient (Wildman–Crippen LogP) is 3.90. The molecule has 2 aromatic carbocycles. The fraction of sp³-hybridized carbons (Fsp3) is 0.182. The van der Waals surface area contributed by atoms with E-state index in [2.05, 4.69) is 5.32 Å². The van der Waals surface area contributed by atoms with E-state index in [1.807, 2.05) is 53.9 Å². The minimum absolute atomic E-state index is 0.0336. The Morgan fingerprint density at radius 2 is 1.96 bits per heavy atom. The van der Waals surface area contributed by atoms with Crippen molar-refractivity contribution in [3.63, 3.8) is 0 Å². The fourth-order valence-electron chi connectivity index (χ4n) is 3.19. The molecule has 6 heteroatoms. The lowest BCUT2D eigenvalue weighted by atomic mass is 10.1. The van der Waals surface area contributed by atoms with Crippen molar-refractivity contribution >= 4 is 34.5 Å². The van der Waals surface area contributed by atoms with E-state index in [1.165, 1.54) is 5.56 Å². The Balaban J connectivity index is 1.49. The molecule has 0 aliphatic carbocycles. The summed E-state index contributed by atoms with van der Waals surface area (Å²) in [6.45, 7) is 0.595. The third-order valence-corrected chi connectivity index (χ3v) is 5.44. The average Bonchev–Trinajstić information content (AvgIpc) is 3.21. The number of carbonyl (C=O) groups is 2. The standard InChI is InChI=1S/C22H20N2O3S/c25-21(14-18-7-4-12-28-18)23-17-8-9-20-19(13-17)24(22(26)15-27-20)11-10-16-5-2-1-3-6-16/h1-9,12-13H,10-11,14-15H2,(H,23,25). The number of amides is 2. The molecule has 0 bridgehead atoms. The van der Waals surface area contributed by atoms with Crippen LogP contribution in [0.25, 0.3) is 0 Å². The van der Waals surface area contributed by atoms with Gasteiger partial charge < -0.3 is 15.0 Å². The highest BCUT2D eigenvalue weighted by atomic mass is 32.1. The van der Waals surface area contributed by atoms with Crippen molar-refractivity contribution in [1.82, 2.24) is 0 Å². The summed E-state index contributed by atoms with van der Waals surface area (Å²) in [6.07, 6.45) is 1.09. The van der Waals surface area contributed by atoms with Gasteiger partial charge in [0.25, 0.3) is 5.91 Å². The van der Waals surface area contributed by atoms with Crippen molar-refractivity contribution in [2.24, 2.45) is 0 Å². The molecular formula is C22H20N2O3S. The molecule has 0 fully saturated rings. The van der Waals surface area contributed by atoms with Crippen molar-refractivity contribution in [2.45, 2.75) is 12.8 Å². The minimum Gasteiger partial charge on any atom is -0.482 e. The fourth-order valence-corrected chi connectivity index (χ4v) is 3.89. The van der Waals surface area contributed by atoms with Crippen LogP contribution in [0, 0.1) is 0 Å². The van der Waals surface area contributed by atoms with E-state index in [0.717, 1.165) is 11.3 Å². The van der Waals surface area contributed by atoms with Crippen LogP contribution in [-0.4, -0.2) is 25.0 Å². The molecule has 2 amide bonds. The molecule has 3 aromatic rings. The zero-order valence-electron chi connectivity index (χ0n) is 15.3. The number of fused-ring (bicyclic) bond motifs is 1. The van der Waals surface area contributed by atoms with Crippen LogP contribution >= 0.6 is 11.3 Å². The first-order chi connectivity index (χ1) is 13.7. The molecule has 0 unspecified atom stereocenters. The summed E-state index contributed by atoms with van der Waals surface area (Å²) in [5.74, 6) is 0.496. The lowest BCUT2D eigenvalue weighted by Gasteiger charge is -2.30. The van der Waals surface area contributed by atoms with Gasteiger partial charge in [0.2, 0.25) is 5.91 Å². The first-order valence-corrected chi connectivity index (χ1v) is 10.0. The number of hydrogen-bond donors (Lipinski definition) is 1. The quantitative estimate of drug-likeness (QED) is 0.692. The zero-order valence-corrected chi connectivity index (χ0v) is 16.1. The van der Waals surface area contributed by atoms with Gasteiger partial charge in [-0.25, -0.2) is 0 Å². The number of nitrogens with one attached hydrogen (secondary N) is 1. The highest BCUT2D eigenvalue weighted by Gasteiger charge is 2.25. The second-order valence-electron chi connectivity index (χ2n) is 6.56. The van der Waals surface area contributed by atoms with Crippen LogP contribution in [0.5, 0.6) is 5.75 Å². The van der Waals surface area contributed by atoms with Gasteiger partial charge in [-0.1, -0.05) is 36.4 Å². The van der Waals surface area contributed by atoms with E-state index >= 15 is 0 Å². The Kier molecular flexibility index (Phi) is 5.39. The summed E-state index contributed by atoms with van der Waals surface area (Å²) >= 11 is 1.56. The van der Waals surface area contributed by atoms with Gasteiger partial charge in [-0.05, 0) is 41.6 Å². The molecule has 5 nitrogen and oxygen atoms in total. The van der Waals surface area contributed by atoms with Gasteiger partial charge in [0.15, 0.2) is 6.61 Å². The first-order valence-electron chi connectivity index (χ1n) is 9.12. The topological polar surface area (TPSA) is 58.6 Å². The molecule has 2 heterocycles. The van der Waals surface area contributed by atoms with Crippen molar-refractivity contribution in [2.75, 3.05) is 23.4 Å². The summed E-state index contributed by atoms with van der Waals surface area (Å²) < 4.78 is 5.56. The molecule has 0 spiro atoms. The monoisotopic (exact) mass is 392 g/mol. The lowest BCUT2D eigenvalue weighted by molar-refractivity contribution is -0.121. The molecule has 0 saturated carbocycles. The molecule has 1 aliphatic rings. The molecule has 28 heavy (non-hydrogen) atoms. The summed E-state index contributed by atoms with van der Waals surface area (Å²) in [5, 5.41) is 4.87. The van der Waals surface area contributed by atoms with Crippen LogP contribution < -0.4 is 15.0 Å². The van der Waals surface area contributed by atoms with E-state index in [0.29, 0.717) is 30.1 Å². The van der Waals surface area contributed by atoms with E-state index in [-0.39, 0.29) is 18.4 Å². The number of benzene rings is 2. The van der Waals surface area contributed by atoms with Crippen LogP contribution in [0.4, 0.5) is 11.4 Å². The highest BCUT2D eigenvalue weighted by molar-refractivity contribution is 7.10. The molecule has 4 rings (SSSR count). The maximum atomic E-state index is 12.4. The van der Waals surface area contributed by atoms with Crippen molar-refractivity contribution in [3.8, 4) is 5.75 Å². The molecule has 1 aliphatic heterocycles. The number of hydrogen-bond acceptors (Lipinski definition) is 4. The van der Waals surface area contributed by atoms with Gasteiger partial charge in [-0.2, -0.15) is 0 Å². The maximum absolute atomic E-state index is 12.4. The Labute approximate surface area is 167 Å². The largest absolute Gasteiger partial charge is 0.482 e. The molecule has 1 aromatic heterocycles. The second kappa shape index (κ2) is 8.27. The molecule has 1 N–H and O–H groups in total. The summed E-state index contributed by atoms with van der Waals surface area (Å²) in [7, 11) is 0. The third-order valence-electron chi connectivity index (χ3n) is 4.57. The number of rotatable bonds is 6. The number of ether oxygens (including phenoxy) is 1. The number of nitrogens with zero attached hydrogens (tertiary/aromatic N) is 1. The van der Waals surface area contributed by atoms with E-state index < -0.39 is 0 Å². The highest BCUT2D eigenvalue weighted by Crippen LogP contribution is 2.34. The van der Waals surface area contributed by atoms with Crippen LogP contribution in [0.2, 0.25) is 0 Å². The van der Waals surface area contributed by atoms with Crippen molar-refractivity contribution in [3.05, 3.63) is 76.5 Å². The smallest absolute Gasteiger partial charge is 0.265 e. The molecule has 0 atom stereocenters. The minimum atomic E-state index is -0.0821. The van der Waals surface area contributed by atoms with Gasteiger partial charge >= 0.3 is 0 Å². The SMILES string of the molecule is O=C(Cc1cccs1)Nc1ccc2c(c1)N(CCc1ccccc1)C(=O)CO2. The predicted molar refractivity (Wildman–Crippen MR) is 111 cm³/mol. The number of thiophene rings is 1. The zero-order chi connectivity index (χ0) is 19.3. The Hall–Kier alpha value is -3.12. The van der Waals surface area contributed by atoms with Crippen molar-refractivity contribution in [1.29, 1.82) is 0 Å². The summed E-state index contributed by atoms with van der Waals surface area (Å²) in [4.78, 5) is 27.5. The number of anilines is 2. The van der Waals surface area contributed by atoms with Crippen LogP contribution in [0.1, 0.15) is 10.4 Å². The number of carbonyl (C=O) groups excluding carboxylic acids is 2. The summed E-state index contributed by atoms with van der Waals surface area (Å²) in [5.41, 5.74) is 2.52. The first kappa shape index (κ1) is 18.3. The van der Waals surface area contributed by atoms with Crippen LogP contribution in [0.15, 0.2) is 66.0 Å². The third kappa shape index (κ3) is 4.23. The molecular weight excluding hydrogens is 372 g/mol. The van der Waals surface area contributed by atoms with Crippen molar-refractivity contribution < 1.29 is 14.3 Å². The van der Waals surface area contributed by atoms with Crippen LogP contribution in [0.3, 0.4) is 0 Å². The van der Waals surface area contributed by atoms with Gasteiger partial charge in [0.1, 0.15) is 5.75 Å². The average molecular weight is 392 g/mol. The lowest BCUT2D eigenvalue weighted by Crippen LogP contribution is -2.40. The summed E-state index contributed by atoms with van der Waals surface area (Å²) in [6, 6.07) is 19.3. The Morgan fingerprint density at radius 3 is 2.75 bits per heavy atom. The van der Waals surface area contributed by atoms with Gasteiger partial charge in [0.05, 0.1) is 12.1 Å². The van der Waals surface area contributed by atoms with Crippen LogP contribution in [-0.2, 0) is 22.4 Å². The van der Waals surface area contributed by atoms with E-state index in [4.69, 9.17) is 4.74 Å². The van der Waals surface area contributed by atoms with Gasteiger partial charge in [-0.3, -0.25) is 9.59 Å². The van der Waals surface area contributed by atoms with E-state index in [9.17, 15) is 9.59 Å². The molecule has 0 radical (unpaired) electrons. The Morgan fingerprint density at radius 1 is 1.11 bits per heavy atom. The second-order valence-corrected chi connectivity index (χ2v) is 7.59. The van der Waals surface area contributed by atoms with Gasteiger partial charge in [-0.15, -0.1) is 11.3 Å². The van der Waals surface area contributed by atoms with E-state index in [1.54, 1.807) is 28.4 Å². The van der Waals surface area contributed by atoms with Gasteiger partial charge in [0, 0.05) is 17.1 Å². The molecule has 142 valence electrons.